The number of thiocarbonyl (C=S) groups is 1. The van der Waals surface area contributed by atoms with Gasteiger partial charge in [0.05, 0.1) is 0 Å². The van der Waals surface area contributed by atoms with Crippen LogP contribution in [0.3, 0.4) is 0 Å². The molecular weight excluding hydrogens is 220 g/mol. The van der Waals surface area contributed by atoms with Gasteiger partial charge in [0.15, 0.2) is 5.11 Å². The maximum Gasteiger partial charge on any atom is 0.169 e. The Morgan fingerprint density at radius 3 is 2.38 bits per heavy atom. The number of rotatable bonds is 2. The molecule has 1 aliphatic heterocycles. The molecule has 0 aliphatic carbocycles. The van der Waals surface area contributed by atoms with E-state index in [0.717, 1.165) is 37.5 Å². The van der Waals surface area contributed by atoms with Gasteiger partial charge in [0.2, 0.25) is 0 Å². The lowest BCUT2D eigenvalue weighted by Gasteiger charge is -2.36. The smallest absolute Gasteiger partial charge is 0.169 e. The molecule has 94 valence electrons. The van der Waals surface area contributed by atoms with Crippen molar-refractivity contribution in [2.75, 3.05) is 19.7 Å². The zero-order chi connectivity index (χ0) is 12.2. The molecular formula is C12H24N2OS. The summed E-state index contributed by atoms with van der Waals surface area (Å²) in [5.74, 6) is 0.679. The van der Waals surface area contributed by atoms with Crippen LogP contribution in [0.15, 0.2) is 0 Å². The first-order valence-corrected chi connectivity index (χ1v) is 6.51. The Balaban J connectivity index is 2.33. The summed E-state index contributed by atoms with van der Waals surface area (Å²) in [4.78, 5) is 2.24. The second kappa shape index (κ2) is 5.82. The van der Waals surface area contributed by atoms with Crippen LogP contribution in [0.1, 0.15) is 40.0 Å². The first-order chi connectivity index (χ1) is 7.42. The van der Waals surface area contributed by atoms with E-state index < -0.39 is 0 Å². The summed E-state index contributed by atoms with van der Waals surface area (Å²) in [5, 5.41) is 13.1. The topological polar surface area (TPSA) is 35.5 Å². The minimum absolute atomic E-state index is 0.0407. The molecule has 0 radical (unpaired) electrons. The largest absolute Gasteiger partial charge is 0.396 e. The molecule has 1 saturated heterocycles. The van der Waals surface area contributed by atoms with E-state index in [1.54, 1.807) is 0 Å². The van der Waals surface area contributed by atoms with Gasteiger partial charge in [-0.25, -0.2) is 0 Å². The molecule has 1 aliphatic rings. The van der Waals surface area contributed by atoms with Crippen LogP contribution in [0, 0.1) is 5.92 Å². The predicted molar refractivity (Wildman–Crippen MR) is 71.5 cm³/mol. The zero-order valence-corrected chi connectivity index (χ0v) is 11.4. The SMILES string of the molecule is CC(C)(C)NC(=S)N1CCC(CCO)CC1. The van der Waals surface area contributed by atoms with Crippen LogP contribution in [0.5, 0.6) is 0 Å². The molecule has 0 spiro atoms. The van der Waals surface area contributed by atoms with Crippen LogP contribution in [0.25, 0.3) is 0 Å². The lowest BCUT2D eigenvalue weighted by atomic mass is 9.94. The molecule has 0 unspecified atom stereocenters. The first-order valence-electron chi connectivity index (χ1n) is 6.10. The Labute approximate surface area is 104 Å². The molecule has 2 N–H and O–H groups in total. The first kappa shape index (κ1) is 13.7. The minimum atomic E-state index is 0.0407. The minimum Gasteiger partial charge on any atom is -0.396 e. The van der Waals surface area contributed by atoms with Crippen LogP contribution >= 0.6 is 12.2 Å². The number of hydrogen-bond donors (Lipinski definition) is 2. The van der Waals surface area contributed by atoms with Gasteiger partial charge < -0.3 is 15.3 Å². The Morgan fingerprint density at radius 1 is 1.38 bits per heavy atom. The summed E-state index contributed by atoms with van der Waals surface area (Å²) >= 11 is 5.39. The Bertz CT molecular complexity index is 230. The molecule has 0 atom stereocenters. The summed E-state index contributed by atoms with van der Waals surface area (Å²) in [6.07, 6.45) is 3.23. The highest BCUT2D eigenvalue weighted by Gasteiger charge is 2.22. The van der Waals surface area contributed by atoms with Crippen LogP contribution in [0.4, 0.5) is 0 Å². The third kappa shape index (κ3) is 4.66. The van der Waals surface area contributed by atoms with Crippen molar-refractivity contribution in [1.82, 2.24) is 10.2 Å². The molecule has 0 amide bonds. The van der Waals surface area contributed by atoms with Gasteiger partial charge in [-0.2, -0.15) is 0 Å². The van der Waals surface area contributed by atoms with E-state index in [4.69, 9.17) is 17.3 Å². The molecule has 3 nitrogen and oxygen atoms in total. The van der Waals surface area contributed by atoms with Crippen molar-refractivity contribution in [3.05, 3.63) is 0 Å². The summed E-state index contributed by atoms with van der Waals surface area (Å²) in [6.45, 7) is 8.72. The average molecular weight is 244 g/mol. The van der Waals surface area contributed by atoms with E-state index >= 15 is 0 Å². The molecule has 0 saturated carbocycles. The number of nitrogens with one attached hydrogen (secondary N) is 1. The number of aliphatic hydroxyl groups is 1. The molecule has 0 aromatic rings. The van der Waals surface area contributed by atoms with Crippen LogP contribution in [-0.4, -0.2) is 40.4 Å². The number of aliphatic hydroxyl groups excluding tert-OH is 1. The number of likely N-dealkylation sites (tertiary alicyclic amines) is 1. The second-order valence-electron chi connectivity index (χ2n) is 5.62. The van der Waals surface area contributed by atoms with Crippen LogP contribution in [0.2, 0.25) is 0 Å². The van der Waals surface area contributed by atoms with Gasteiger partial charge in [0.1, 0.15) is 0 Å². The fourth-order valence-electron chi connectivity index (χ4n) is 2.01. The molecule has 16 heavy (non-hydrogen) atoms. The van der Waals surface area contributed by atoms with Crippen molar-refractivity contribution in [2.24, 2.45) is 5.92 Å². The van der Waals surface area contributed by atoms with Crippen molar-refractivity contribution < 1.29 is 5.11 Å². The number of piperidine rings is 1. The standard InChI is InChI=1S/C12H24N2OS/c1-12(2,3)13-11(16)14-7-4-10(5-8-14)6-9-15/h10,15H,4-9H2,1-3H3,(H,13,16). The number of nitrogens with zero attached hydrogens (tertiary/aromatic N) is 1. The second-order valence-corrected chi connectivity index (χ2v) is 6.01. The summed E-state index contributed by atoms with van der Waals surface area (Å²) in [6, 6.07) is 0. The summed E-state index contributed by atoms with van der Waals surface area (Å²) in [5.41, 5.74) is 0.0407. The van der Waals surface area contributed by atoms with Gasteiger partial charge in [-0.3, -0.25) is 0 Å². The molecule has 0 aromatic heterocycles. The Hall–Kier alpha value is -0.350. The van der Waals surface area contributed by atoms with E-state index in [1.807, 2.05) is 0 Å². The quantitative estimate of drug-likeness (QED) is 0.726. The summed E-state index contributed by atoms with van der Waals surface area (Å²) < 4.78 is 0. The third-order valence-electron chi connectivity index (χ3n) is 2.92. The molecule has 4 heteroatoms. The Kier molecular flexibility index (Phi) is 4.99. The van der Waals surface area contributed by atoms with Gasteiger partial charge in [0, 0.05) is 25.2 Å². The maximum absolute atomic E-state index is 8.89. The van der Waals surface area contributed by atoms with Crippen molar-refractivity contribution >= 4 is 17.3 Å². The van der Waals surface area contributed by atoms with Gasteiger partial charge in [-0.1, -0.05) is 0 Å². The Morgan fingerprint density at radius 2 is 1.94 bits per heavy atom. The lowest BCUT2D eigenvalue weighted by Crippen LogP contribution is -2.50. The lowest BCUT2D eigenvalue weighted by molar-refractivity contribution is 0.201. The van der Waals surface area contributed by atoms with E-state index in [9.17, 15) is 0 Å². The maximum atomic E-state index is 8.89. The van der Waals surface area contributed by atoms with E-state index in [2.05, 4.69) is 31.0 Å². The monoisotopic (exact) mass is 244 g/mol. The molecule has 1 heterocycles. The normalized spacial score (nSPS) is 18.6. The average Bonchev–Trinajstić information content (AvgIpc) is 2.16. The predicted octanol–water partition coefficient (Wildman–Crippen LogP) is 1.75. The van der Waals surface area contributed by atoms with Gasteiger partial charge in [0.25, 0.3) is 0 Å². The van der Waals surface area contributed by atoms with E-state index in [-0.39, 0.29) is 5.54 Å². The van der Waals surface area contributed by atoms with Crippen molar-refractivity contribution in [3.63, 3.8) is 0 Å². The van der Waals surface area contributed by atoms with Gasteiger partial charge in [-0.05, 0) is 58.2 Å². The van der Waals surface area contributed by atoms with E-state index in [0.29, 0.717) is 12.5 Å². The highest BCUT2D eigenvalue weighted by atomic mass is 32.1. The highest BCUT2D eigenvalue weighted by Crippen LogP contribution is 2.20. The molecule has 0 aromatic carbocycles. The fourth-order valence-corrected chi connectivity index (χ4v) is 2.50. The fraction of sp³-hybridized carbons (Fsp3) is 0.917. The summed E-state index contributed by atoms with van der Waals surface area (Å²) in [7, 11) is 0. The molecule has 1 rings (SSSR count). The number of hydrogen-bond acceptors (Lipinski definition) is 2. The van der Waals surface area contributed by atoms with E-state index in [1.165, 1.54) is 0 Å². The molecule has 1 fully saturated rings. The van der Waals surface area contributed by atoms with Gasteiger partial charge >= 0.3 is 0 Å². The third-order valence-corrected chi connectivity index (χ3v) is 3.28. The van der Waals surface area contributed by atoms with Crippen LogP contribution in [-0.2, 0) is 0 Å². The van der Waals surface area contributed by atoms with Crippen LogP contribution < -0.4 is 5.32 Å². The molecule has 0 bridgehead atoms. The zero-order valence-electron chi connectivity index (χ0n) is 10.6. The van der Waals surface area contributed by atoms with Crippen molar-refractivity contribution in [2.45, 2.75) is 45.6 Å². The highest BCUT2D eigenvalue weighted by molar-refractivity contribution is 7.80. The van der Waals surface area contributed by atoms with Crippen molar-refractivity contribution in [1.29, 1.82) is 0 Å². The van der Waals surface area contributed by atoms with Gasteiger partial charge in [-0.15, -0.1) is 0 Å². The van der Waals surface area contributed by atoms with Crippen molar-refractivity contribution in [3.8, 4) is 0 Å².